The molecule has 0 saturated carbocycles. The van der Waals surface area contributed by atoms with E-state index in [2.05, 4.69) is 9.97 Å². The molecule has 4 rings (SSSR count). The van der Waals surface area contributed by atoms with Gasteiger partial charge in [0.05, 0.1) is 29.1 Å². The van der Waals surface area contributed by atoms with E-state index >= 15 is 0 Å². The molecule has 29 heavy (non-hydrogen) atoms. The Labute approximate surface area is 172 Å². The van der Waals surface area contributed by atoms with Crippen molar-refractivity contribution in [2.75, 3.05) is 31.2 Å². The Morgan fingerprint density at radius 1 is 1.14 bits per heavy atom. The van der Waals surface area contributed by atoms with Crippen LogP contribution < -0.4 is 9.08 Å². The van der Waals surface area contributed by atoms with Gasteiger partial charge >= 0.3 is 10.1 Å². The predicted molar refractivity (Wildman–Crippen MR) is 107 cm³/mol. The van der Waals surface area contributed by atoms with Gasteiger partial charge in [0.1, 0.15) is 10.7 Å². The summed E-state index contributed by atoms with van der Waals surface area (Å²) in [5.41, 5.74) is 1.11. The number of aryl methyl sites for hydroxylation is 1. The van der Waals surface area contributed by atoms with Gasteiger partial charge in [0.2, 0.25) is 11.8 Å². The molecule has 1 aliphatic heterocycles. The van der Waals surface area contributed by atoms with Crippen LogP contribution in [0.3, 0.4) is 0 Å². The molecule has 1 saturated heterocycles. The summed E-state index contributed by atoms with van der Waals surface area (Å²) in [7, 11) is -4.19. The van der Waals surface area contributed by atoms with Crippen LogP contribution in [0.15, 0.2) is 41.3 Å². The number of hydrogen-bond donors (Lipinski definition) is 0. The van der Waals surface area contributed by atoms with Crippen molar-refractivity contribution in [2.45, 2.75) is 11.8 Å². The van der Waals surface area contributed by atoms with Crippen molar-refractivity contribution in [1.29, 1.82) is 0 Å². The van der Waals surface area contributed by atoms with E-state index < -0.39 is 15.9 Å². The average molecular weight is 438 g/mol. The summed E-state index contributed by atoms with van der Waals surface area (Å²) in [4.78, 5) is 10.5. The molecule has 2 heterocycles. The minimum Gasteiger partial charge on any atom is -0.378 e. The maximum absolute atomic E-state index is 14.0. The second-order valence-electron chi connectivity index (χ2n) is 6.56. The van der Waals surface area contributed by atoms with Crippen LogP contribution >= 0.6 is 11.6 Å². The topological polar surface area (TPSA) is 81.6 Å². The van der Waals surface area contributed by atoms with Gasteiger partial charge in [-0.2, -0.15) is 13.4 Å². The van der Waals surface area contributed by atoms with Crippen molar-refractivity contribution in [2.24, 2.45) is 0 Å². The molecule has 10 heteroatoms. The Bertz CT molecular complexity index is 1170. The highest BCUT2D eigenvalue weighted by Gasteiger charge is 2.24. The van der Waals surface area contributed by atoms with E-state index in [0.29, 0.717) is 26.3 Å². The van der Waals surface area contributed by atoms with Crippen LogP contribution in [0.4, 0.5) is 10.3 Å². The van der Waals surface area contributed by atoms with Crippen LogP contribution in [0, 0.1) is 12.7 Å². The van der Waals surface area contributed by atoms with Crippen molar-refractivity contribution in [3.8, 4) is 5.88 Å². The van der Waals surface area contributed by atoms with Gasteiger partial charge in [-0.15, -0.1) is 0 Å². The lowest BCUT2D eigenvalue weighted by atomic mass is 10.2. The number of halogens is 2. The third kappa shape index (κ3) is 4.12. The van der Waals surface area contributed by atoms with E-state index in [0.717, 1.165) is 17.7 Å². The predicted octanol–water partition coefficient (Wildman–Crippen LogP) is 3.34. The minimum absolute atomic E-state index is 0.0366. The molecule has 1 aromatic heterocycles. The quantitative estimate of drug-likeness (QED) is 0.579. The molecule has 3 aromatic rings. The molecule has 0 aliphatic carbocycles. The maximum atomic E-state index is 14.0. The summed E-state index contributed by atoms with van der Waals surface area (Å²) in [5, 5.41) is 0.109. The van der Waals surface area contributed by atoms with Crippen molar-refractivity contribution in [3.05, 3.63) is 52.8 Å². The van der Waals surface area contributed by atoms with E-state index in [4.69, 9.17) is 20.5 Å². The van der Waals surface area contributed by atoms with E-state index in [1.54, 1.807) is 12.1 Å². The number of benzene rings is 2. The zero-order valence-electron chi connectivity index (χ0n) is 15.4. The van der Waals surface area contributed by atoms with Crippen molar-refractivity contribution >= 4 is 38.6 Å². The van der Waals surface area contributed by atoms with E-state index in [1.165, 1.54) is 12.1 Å². The standard InChI is InChI=1S/C19H17ClFN3O4S/c1-12-2-4-14(5-3-12)29(25,26)28-18-15-10-13(21)11-16(20)17(15)22-19(23-18)24-6-8-27-9-7-24/h2-5,10-11H,6-9H2,1H3. The first kappa shape index (κ1) is 19.8. The molecule has 152 valence electrons. The largest absolute Gasteiger partial charge is 0.378 e. The van der Waals surface area contributed by atoms with Crippen LogP contribution in [0.1, 0.15) is 5.56 Å². The second-order valence-corrected chi connectivity index (χ2v) is 8.52. The zero-order chi connectivity index (χ0) is 20.6. The van der Waals surface area contributed by atoms with Gasteiger partial charge in [0.25, 0.3) is 0 Å². The van der Waals surface area contributed by atoms with E-state index in [9.17, 15) is 12.8 Å². The van der Waals surface area contributed by atoms with E-state index in [1.807, 2.05) is 11.8 Å². The molecule has 0 bridgehead atoms. The molecule has 0 unspecified atom stereocenters. The summed E-state index contributed by atoms with van der Waals surface area (Å²) in [5.74, 6) is -0.690. The summed E-state index contributed by atoms with van der Waals surface area (Å²) >= 11 is 6.17. The number of fused-ring (bicyclic) bond motifs is 1. The zero-order valence-corrected chi connectivity index (χ0v) is 17.0. The van der Waals surface area contributed by atoms with Gasteiger partial charge < -0.3 is 13.8 Å². The Kier molecular flexibility index (Phi) is 5.28. The fourth-order valence-electron chi connectivity index (χ4n) is 2.94. The number of nitrogens with zero attached hydrogens (tertiary/aromatic N) is 3. The Hall–Kier alpha value is -2.49. The van der Waals surface area contributed by atoms with Gasteiger partial charge in [0.15, 0.2) is 0 Å². The molecule has 0 atom stereocenters. The van der Waals surface area contributed by atoms with Crippen molar-refractivity contribution in [1.82, 2.24) is 9.97 Å². The first-order valence-corrected chi connectivity index (χ1v) is 10.6. The average Bonchev–Trinajstić information content (AvgIpc) is 2.69. The fourth-order valence-corrected chi connectivity index (χ4v) is 4.09. The van der Waals surface area contributed by atoms with Gasteiger partial charge in [-0.1, -0.05) is 29.3 Å². The number of ether oxygens (including phenoxy) is 1. The van der Waals surface area contributed by atoms with Crippen LogP contribution in [0.25, 0.3) is 10.9 Å². The lowest BCUT2D eigenvalue weighted by Crippen LogP contribution is -2.37. The maximum Gasteiger partial charge on any atom is 0.340 e. The van der Waals surface area contributed by atoms with Gasteiger partial charge in [-0.3, -0.25) is 0 Å². The number of rotatable bonds is 4. The SMILES string of the molecule is Cc1ccc(S(=O)(=O)Oc2nc(N3CCOCC3)nc3c(Cl)cc(F)cc23)cc1. The van der Waals surface area contributed by atoms with Crippen LogP contribution in [-0.4, -0.2) is 44.7 Å². The molecule has 1 aliphatic rings. The highest BCUT2D eigenvalue weighted by molar-refractivity contribution is 7.87. The first-order valence-electron chi connectivity index (χ1n) is 8.84. The normalized spacial score (nSPS) is 14.9. The highest BCUT2D eigenvalue weighted by Crippen LogP contribution is 2.33. The van der Waals surface area contributed by atoms with Crippen molar-refractivity contribution in [3.63, 3.8) is 0 Å². The summed E-state index contributed by atoms with van der Waals surface area (Å²) < 4.78 is 50.1. The summed E-state index contributed by atoms with van der Waals surface area (Å²) in [6.45, 7) is 3.85. The van der Waals surface area contributed by atoms with Crippen molar-refractivity contribution < 1.29 is 21.7 Å². The molecular formula is C19H17ClFN3O4S. The number of anilines is 1. The van der Waals surface area contributed by atoms with Crippen LogP contribution in [-0.2, 0) is 14.9 Å². The lowest BCUT2D eigenvalue weighted by Gasteiger charge is -2.27. The summed E-state index contributed by atoms with van der Waals surface area (Å²) in [6, 6.07) is 8.39. The fraction of sp³-hybridized carbons (Fsp3) is 0.263. The van der Waals surface area contributed by atoms with Gasteiger partial charge in [0, 0.05) is 13.1 Å². The number of aromatic nitrogens is 2. The smallest absolute Gasteiger partial charge is 0.340 e. The Balaban J connectivity index is 1.83. The lowest BCUT2D eigenvalue weighted by molar-refractivity contribution is 0.122. The number of hydrogen-bond acceptors (Lipinski definition) is 7. The molecule has 0 radical (unpaired) electrons. The Morgan fingerprint density at radius 2 is 1.83 bits per heavy atom. The van der Waals surface area contributed by atoms with Gasteiger partial charge in [-0.25, -0.2) is 9.37 Å². The molecule has 7 nitrogen and oxygen atoms in total. The third-order valence-corrected chi connectivity index (χ3v) is 5.98. The number of morpholine rings is 1. The third-order valence-electron chi connectivity index (χ3n) is 4.46. The summed E-state index contributed by atoms with van der Waals surface area (Å²) in [6.07, 6.45) is 0. The second kappa shape index (κ2) is 7.74. The van der Waals surface area contributed by atoms with E-state index in [-0.39, 0.29) is 32.6 Å². The minimum atomic E-state index is -4.19. The Morgan fingerprint density at radius 3 is 2.52 bits per heavy atom. The molecule has 2 aromatic carbocycles. The van der Waals surface area contributed by atoms with Crippen LogP contribution in [0.5, 0.6) is 5.88 Å². The van der Waals surface area contributed by atoms with Crippen LogP contribution in [0.2, 0.25) is 5.02 Å². The first-order chi connectivity index (χ1) is 13.8. The van der Waals surface area contributed by atoms with Gasteiger partial charge in [-0.05, 0) is 31.2 Å². The molecule has 1 fully saturated rings. The molecule has 0 spiro atoms. The molecular weight excluding hydrogens is 421 g/mol. The molecule has 0 N–H and O–H groups in total. The monoisotopic (exact) mass is 437 g/mol. The molecule has 0 amide bonds. The highest BCUT2D eigenvalue weighted by atomic mass is 35.5.